The second-order valence-electron chi connectivity index (χ2n) is 7.16. The Balaban J connectivity index is 1.47. The maximum atomic E-state index is 13.0. The minimum atomic E-state index is -0.343. The van der Waals surface area contributed by atoms with Crippen LogP contribution in [0.5, 0.6) is 23.0 Å². The van der Waals surface area contributed by atoms with Gasteiger partial charge < -0.3 is 24.4 Å². The molecule has 158 valence electrons. The number of carbonyl (C=O) groups excluding carboxylic acids is 2. The third-order valence-corrected chi connectivity index (χ3v) is 4.92. The molecule has 0 atom stereocenters. The summed E-state index contributed by atoms with van der Waals surface area (Å²) < 4.78 is 16.6. The van der Waals surface area contributed by atoms with Gasteiger partial charge in [0.25, 0.3) is 11.8 Å². The molecule has 0 radical (unpaired) electrons. The van der Waals surface area contributed by atoms with Crippen molar-refractivity contribution in [3.05, 3.63) is 71.8 Å². The van der Waals surface area contributed by atoms with E-state index in [1.807, 2.05) is 25.1 Å². The van der Waals surface area contributed by atoms with Crippen LogP contribution in [-0.4, -0.2) is 32.6 Å². The number of carbonyl (C=O) groups is 2. The molecule has 1 N–H and O–H groups in total. The zero-order valence-corrected chi connectivity index (χ0v) is 17.5. The quantitative estimate of drug-likeness (QED) is 0.664. The first-order valence-electron chi connectivity index (χ1n) is 9.72. The van der Waals surface area contributed by atoms with Crippen molar-refractivity contribution in [2.45, 2.75) is 6.92 Å². The summed E-state index contributed by atoms with van der Waals surface area (Å²) in [5.74, 6) is 1.74. The molecule has 0 bridgehead atoms. The van der Waals surface area contributed by atoms with Crippen LogP contribution in [0.25, 0.3) is 0 Å². The van der Waals surface area contributed by atoms with Crippen LogP contribution in [0.4, 0.5) is 11.4 Å². The standard InChI is InChI=1S/C24H22N2O5/c1-15-4-10-22-20(12-15)26(2)24(28)19-13-16(5-11-21(19)31-22)25-23(27)14-30-18-8-6-17(29-3)7-9-18/h4-13H,14H2,1-3H3,(H,25,27). The number of ether oxygens (including phenoxy) is 3. The molecule has 0 aliphatic carbocycles. The maximum absolute atomic E-state index is 13.0. The van der Waals surface area contributed by atoms with Crippen LogP contribution >= 0.6 is 0 Å². The first-order valence-corrected chi connectivity index (χ1v) is 9.72. The van der Waals surface area contributed by atoms with E-state index in [9.17, 15) is 9.59 Å². The molecule has 2 amide bonds. The van der Waals surface area contributed by atoms with Crippen molar-refractivity contribution in [2.24, 2.45) is 0 Å². The van der Waals surface area contributed by atoms with Crippen molar-refractivity contribution >= 4 is 23.2 Å². The Morgan fingerprint density at radius 2 is 1.71 bits per heavy atom. The lowest BCUT2D eigenvalue weighted by Crippen LogP contribution is -2.25. The lowest BCUT2D eigenvalue weighted by atomic mass is 10.1. The van der Waals surface area contributed by atoms with E-state index in [-0.39, 0.29) is 18.4 Å². The monoisotopic (exact) mass is 418 g/mol. The van der Waals surface area contributed by atoms with Crippen molar-refractivity contribution in [1.29, 1.82) is 0 Å². The van der Waals surface area contributed by atoms with E-state index in [0.29, 0.717) is 39.9 Å². The van der Waals surface area contributed by atoms with Crippen LogP contribution in [0, 0.1) is 6.92 Å². The fraction of sp³-hybridized carbons (Fsp3) is 0.167. The van der Waals surface area contributed by atoms with Gasteiger partial charge in [0.2, 0.25) is 0 Å². The van der Waals surface area contributed by atoms with Gasteiger partial charge in [-0.2, -0.15) is 0 Å². The molecule has 0 aromatic heterocycles. The van der Waals surface area contributed by atoms with Crippen LogP contribution in [0.15, 0.2) is 60.7 Å². The summed E-state index contributed by atoms with van der Waals surface area (Å²) in [7, 11) is 3.28. The van der Waals surface area contributed by atoms with Gasteiger partial charge in [-0.15, -0.1) is 0 Å². The fourth-order valence-corrected chi connectivity index (χ4v) is 3.27. The highest BCUT2D eigenvalue weighted by atomic mass is 16.5. The number of rotatable bonds is 5. The molecule has 4 rings (SSSR count). The molecule has 0 saturated heterocycles. The van der Waals surface area contributed by atoms with Crippen LogP contribution in [-0.2, 0) is 4.79 Å². The number of methoxy groups -OCH3 is 1. The lowest BCUT2D eigenvalue weighted by Gasteiger charge is -2.16. The second-order valence-corrected chi connectivity index (χ2v) is 7.16. The number of aryl methyl sites for hydroxylation is 1. The van der Waals surface area contributed by atoms with Crippen LogP contribution in [0.1, 0.15) is 15.9 Å². The number of anilines is 2. The van der Waals surface area contributed by atoms with Crippen molar-refractivity contribution in [2.75, 3.05) is 31.0 Å². The summed E-state index contributed by atoms with van der Waals surface area (Å²) in [6.07, 6.45) is 0. The zero-order chi connectivity index (χ0) is 22.0. The normalized spacial score (nSPS) is 12.2. The zero-order valence-electron chi connectivity index (χ0n) is 17.5. The predicted octanol–water partition coefficient (Wildman–Crippen LogP) is 4.40. The van der Waals surface area contributed by atoms with Gasteiger partial charge in [0, 0.05) is 12.7 Å². The molecular formula is C24H22N2O5. The largest absolute Gasteiger partial charge is 0.497 e. The SMILES string of the molecule is COc1ccc(OCC(=O)Nc2ccc3c(c2)C(=O)N(C)c2cc(C)ccc2O3)cc1. The molecule has 3 aromatic carbocycles. The van der Waals surface area contributed by atoms with Gasteiger partial charge in [-0.3, -0.25) is 9.59 Å². The number of nitrogens with zero attached hydrogens (tertiary/aromatic N) is 1. The molecule has 0 spiro atoms. The van der Waals surface area contributed by atoms with Crippen molar-refractivity contribution < 1.29 is 23.8 Å². The molecule has 1 aliphatic heterocycles. The van der Waals surface area contributed by atoms with E-state index >= 15 is 0 Å². The van der Waals surface area contributed by atoms with Gasteiger partial charge in [-0.05, 0) is 67.1 Å². The van der Waals surface area contributed by atoms with Crippen molar-refractivity contribution in [3.8, 4) is 23.0 Å². The summed E-state index contributed by atoms with van der Waals surface area (Å²) >= 11 is 0. The Morgan fingerprint density at radius 3 is 2.45 bits per heavy atom. The van der Waals surface area contributed by atoms with Gasteiger partial charge in [0.05, 0.1) is 18.4 Å². The average Bonchev–Trinajstić information content (AvgIpc) is 2.88. The van der Waals surface area contributed by atoms with E-state index in [4.69, 9.17) is 14.2 Å². The Bertz CT molecular complexity index is 1140. The number of hydrogen-bond donors (Lipinski definition) is 1. The van der Waals surface area contributed by atoms with E-state index in [1.54, 1.807) is 61.5 Å². The van der Waals surface area contributed by atoms with Crippen molar-refractivity contribution in [3.63, 3.8) is 0 Å². The van der Waals surface area contributed by atoms with E-state index in [1.165, 1.54) is 0 Å². The molecule has 0 saturated carbocycles. The first kappa shape index (κ1) is 20.3. The Morgan fingerprint density at radius 1 is 1.00 bits per heavy atom. The summed E-state index contributed by atoms with van der Waals surface area (Å²) in [6, 6.07) is 17.6. The fourth-order valence-electron chi connectivity index (χ4n) is 3.27. The molecule has 7 heteroatoms. The number of benzene rings is 3. The number of amides is 2. The Labute approximate surface area is 180 Å². The highest BCUT2D eigenvalue weighted by molar-refractivity contribution is 6.10. The molecular weight excluding hydrogens is 396 g/mol. The van der Waals surface area contributed by atoms with Gasteiger partial charge in [0.1, 0.15) is 17.2 Å². The highest BCUT2D eigenvalue weighted by Gasteiger charge is 2.26. The second kappa shape index (κ2) is 8.39. The van der Waals surface area contributed by atoms with Crippen LogP contribution in [0.2, 0.25) is 0 Å². The lowest BCUT2D eigenvalue weighted by molar-refractivity contribution is -0.118. The molecule has 3 aromatic rings. The number of nitrogens with one attached hydrogen (secondary N) is 1. The highest BCUT2D eigenvalue weighted by Crippen LogP contribution is 2.39. The first-order chi connectivity index (χ1) is 14.9. The summed E-state index contributed by atoms with van der Waals surface area (Å²) in [6.45, 7) is 1.79. The smallest absolute Gasteiger partial charge is 0.262 e. The van der Waals surface area contributed by atoms with Gasteiger partial charge in [-0.25, -0.2) is 0 Å². The average molecular weight is 418 g/mol. The van der Waals surface area contributed by atoms with Crippen LogP contribution in [0.3, 0.4) is 0 Å². The predicted molar refractivity (Wildman–Crippen MR) is 118 cm³/mol. The minimum Gasteiger partial charge on any atom is -0.497 e. The number of hydrogen-bond acceptors (Lipinski definition) is 5. The number of fused-ring (bicyclic) bond motifs is 2. The van der Waals surface area contributed by atoms with Crippen molar-refractivity contribution in [1.82, 2.24) is 0 Å². The van der Waals surface area contributed by atoms with E-state index in [2.05, 4.69) is 5.32 Å². The molecule has 1 aliphatic rings. The molecule has 0 fully saturated rings. The summed E-state index contributed by atoms with van der Waals surface area (Å²) in [5, 5.41) is 2.76. The van der Waals surface area contributed by atoms with Crippen LogP contribution < -0.4 is 24.4 Å². The maximum Gasteiger partial charge on any atom is 0.262 e. The molecule has 0 unspecified atom stereocenters. The van der Waals surface area contributed by atoms with Gasteiger partial charge in [-0.1, -0.05) is 6.07 Å². The van der Waals surface area contributed by atoms with E-state index < -0.39 is 0 Å². The Kier molecular flexibility index (Phi) is 5.49. The minimum absolute atomic E-state index is 0.168. The van der Waals surface area contributed by atoms with Gasteiger partial charge >= 0.3 is 0 Å². The third kappa shape index (κ3) is 4.30. The summed E-state index contributed by atoms with van der Waals surface area (Å²) in [4.78, 5) is 26.9. The molecule has 1 heterocycles. The summed E-state index contributed by atoms with van der Waals surface area (Å²) in [5.41, 5.74) is 2.57. The molecule has 7 nitrogen and oxygen atoms in total. The Hall–Kier alpha value is -4.00. The van der Waals surface area contributed by atoms with Gasteiger partial charge in [0.15, 0.2) is 12.4 Å². The topological polar surface area (TPSA) is 77.1 Å². The van der Waals surface area contributed by atoms with E-state index in [0.717, 1.165) is 5.56 Å². The third-order valence-electron chi connectivity index (χ3n) is 4.92. The molecule has 31 heavy (non-hydrogen) atoms.